The van der Waals surface area contributed by atoms with Crippen molar-refractivity contribution in [3.05, 3.63) is 40.2 Å². The van der Waals surface area contributed by atoms with Gasteiger partial charge in [0.25, 0.3) is 0 Å². The van der Waals surface area contributed by atoms with Crippen molar-refractivity contribution in [2.45, 2.75) is 89.6 Å². The minimum absolute atomic E-state index is 0.117. The lowest BCUT2D eigenvalue weighted by molar-refractivity contribution is -0.141. The largest absolute Gasteiger partial charge is 0.481 e. The number of carbonyl (C=O) groups excluding carboxylic acids is 5. The highest BCUT2D eigenvalue weighted by Gasteiger charge is 2.35. The lowest BCUT2D eigenvalue weighted by atomic mass is 10.0. The molecule has 0 radical (unpaired) electrons. The summed E-state index contributed by atoms with van der Waals surface area (Å²) in [5, 5.41) is 38.5. The third-order valence-electron chi connectivity index (χ3n) is 7.29. The maximum Gasteiger partial charge on any atom is 0.417 e. The molecule has 4 unspecified atom stereocenters. The summed E-state index contributed by atoms with van der Waals surface area (Å²) in [6.45, 7) is 4.63. The highest BCUT2D eigenvalue weighted by Crippen LogP contribution is 2.34. The molecule has 0 spiro atoms. The topological polar surface area (TPSA) is 288 Å². The van der Waals surface area contributed by atoms with Crippen LogP contribution in [0.5, 0.6) is 0 Å². The zero-order valence-electron chi connectivity index (χ0n) is 28.5. The number of anilines is 1. The molecule has 53 heavy (non-hydrogen) atoms. The maximum absolute atomic E-state index is 13.4. The number of rotatable bonds is 19. The van der Waals surface area contributed by atoms with E-state index in [1.54, 1.807) is 13.8 Å². The third-order valence-corrected chi connectivity index (χ3v) is 7.29. The highest BCUT2D eigenvalue weighted by molar-refractivity contribution is 6.01. The van der Waals surface area contributed by atoms with Gasteiger partial charge in [-0.3, -0.25) is 38.4 Å². The van der Waals surface area contributed by atoms with E-state index in [4.69, 9.17) is 4.42 Å². The second-order valence-corrected chi connectivity index (χ2v) is 12.2. The van der Waals surface area contributed by atoms with Gasteiger partial charge in [-0.05, 0) is 37.3 Å². The van der Waals surface area contributed by atoms with Crippen molar-refractivity contribution in [1.82, 2.24) is 21.3 Å². The van der Waals surface area contributed by atoms with E-state index in [9.17, 15) is 71.6 Å². The van der Waals surface area contributed by atoms with E-state index < -0.39 is 132 Å². The highest BCUT2D eigenvalue weighted by atomic mass is 19.4. The van der Waals surface area contributed by atoms with Gasteiger partial charge in [-0.1, -0.05) is 13.8 Å². The first-order valence-corrected chi connectivity index (χ1v) is 15.9. The molecular weight excluding hydrogens is 719 g/mol. The molecule has 21 heteroatoms. The Morgan fingerprint density at radius 2 is 1.23 bits per heavy atom. The molecule has 5 amide bonds. The molecule has 0 bridgehead atoms. The monoisotopic (exact) mass is 757 g/mol. The summed E-state index contributed by atoms with van der Waals surface area (Å²) in [6, 6.07) is -3.58. The minimum Gasteiger partial charge on any atom is -0.481 e. The third kappa shape index (κ3) is 14.3. The number of halogens is 3. The minimum atomic E-state index is -4.94. The quantitative estimate of drug-likeness (QED) is 0.0928. The number of carboxylic acid groups (broad SMARTS) is 3. The number of aliphatic carboxylic acids is 3. The number of amides is 5. The summed E-state index contributed by atoms with van der Waals surface area (Å²) in [5.41, 5.74) is -3.54. The fraction of sp³-hybridized carbons (Fsp3) is 0.469. The molecule has 0 fully saturated rings. The Balaban J connectivity index is 2.36. The van der Waals surface area contributed by atoms with Crippen molar-refractivity contribution in [2.75, 3.05) is 5.32 Å². The van der Waals surface area contributed by atoms with Gasteiger partial charge >= 0.3 is 29.7 Å². The van der Waals surface area contributed by atoms with Crippen LogP contribution in [0.2, 0.25) is 0 Å². The van der Waals surface area contributed by atoms with Crippen LogP contribution in [0.25, 0.3) is 11.0 Å². The molecule has 1 aromatic heterocycles. The first kappa shape index (κ1) is 43.1. The Morgan fingerprint density at radius 3 is 1.68 bits per heavy atom. The first-order valence-electron chi connectivity index (χ1n) is 15.9. The van der Waals surface area contributed by atoms with Gasteiger partial charge in [-0.2, -0.15) is 13.2 Å². The summed E-state index contributed by atoms with van der Waals surface area (Å²) >= 11 is 0. The van der Waals surface area contributed by atoms with Crippen LogP contribution in [0.15, 0.2) is 33.5 Å². The standard InChI is InChI=1S/C32H38F3N5O13/c1-14(2)10-21(36-15(3)41)31(52)39-19(6-8-24(42)43)28(49)38-20(7-9-25(44)45)29(50)40-22(13-26(46)47)30(51)37-16-4-5-17-18(32(33,34)35)12-27(48)53-23(17)11-16/h4-5,11-12,14,19-22H,6-10,13H2,1-3H3,(H,36,41)(H,37,51)(H,38,49)(H,39,52)(H,40,50)(H,42,43)(H,44,45)(H,46,47). The Labute approximate surface area is 297 Å². The van der Waals surface area contributed by atoms with Crippen molar-refractivity contribution in [1.29, 1.82) is 0 Å². The summed E-state index contributed by atoms with van der Waals surface area (Å²) in [4.78, 5) is 111. The average molecular weight is 758 g/mol. The Bertz CT molecular complexity index is 1790. The van der Waals surface area contributed by atoms with Gasteiger partial charge in [0.05, 0.1) is 12.0 Å². The van der Waals surface area contributed by atoms with Crippen LogP contribution >= 0.6 is 0 Å². The molecule has 1 aromatic carbocycles. The molecule has 4 atom stereocenters. The normalized spacial score (nSPS) is 13.6. The fourth-order valence-electron chi connectivity index (χ4n) is 4.93. The molecule has 2 rings (SSSR count). The molecule has 18 nitrogen and oxygen atoms in total. The zero-order valence-corrected chi connectivity index (χ0v) is 28.5. The number of fused-ring (bicyclic) bond motifs is 1. The molecule has 0 aliphatic heterocycles. The van der Waals surface area contributed by atoms with E-state index in [0.29, 0.717) is 0 Å². The van der Waals surface area contributed by atoms with E-state index in [0.717, 1.165) is 25.1 Å². The van der Waals surface area contributed by atoms with Gasteiger partial charge in [0, 0.05) is 43.0 Å². The Morgan fingerprint density at radius 1 is 0.717 bits per heavy atom. The van der Waals surface area contributed by atoms with Crippen LogP contribution in [0.1, 0.15) is 64.9 Å². The predicted octanol–water partition coefficient (Wildman–Crippen LogP) is 0.960. The molecule has 2 aromatic rings. The van der Waals surface area contributed by atoms with Crippen LogP contribution < -0.4 is 32.2 Å². The molecule has 1 heterocycles. The number of benzene rings is 1. The molecule has 0 saturated heterocycles. The van der Waals surface area contributed by atoms with E-state index >= 15 is 0 Å². The van der Waals surface area contributed by atoms with Gasteiger partial charge in [0.15, 0.2) is 0 Å². The van der Waals surface area contributed by atoms with Crippen molar-refractivity contribution >= 4 is 64.1 Å². The Hall–Kier alpha value is -6.02. The van der Waals surface area contributed by atoms with Crippen molar-refractivity contribution < 1.29 is 71.3 Å². The SMILES string of the molecule is CC(=O)NC(CC(C)C)C(=O)NC(CCC(=O)O)C(=O)NC(CCC(=O)O)C(=O)NC(CC(=O)O)C(=O)Nc1ccc2c(C(F)(F)F)cc(=O)oc2c1. The molecule has 0 aliphatic rings. The van der Waals surface area contributed by atoms with E-state index in [1.807, 2.05) is 0 Å². The number of carbonyl (C=O) groups is 8. The van der Waals surface area contributed by atoms with Crippen LogP contribution in [0.4, 0.5) is 18.9 Å². The Kier molecular flexibility index (Phi) is 15.5. The lowest BCUT2D eigenvalue weighted by Crippen LogP contribution is -2.58. The average Bonchev–Trinajstić information content (AvgIpc) is 3.02. The van der Waals surface area contributed by atoms with E-state index in [-0.39, 0.29) is 24.1 Å². The van der Waals surface area contributed by atoms with Crippen LogP contribution in [0, 0.1) is 5.92 Å². The first-order chi connectivity index (χ1) is 24.6. The maximum atomic E-state index is 13.4. The summed E-state index contributed by atoms with van der Waals surface area (Å²) in [6.07, 6.45) is -8.46. The molecule has 0 aliphatic carbocycles. The van der Waals surface area contributed by atoms with Crippen LogP contribution in [-0.2, 0) is 44.5 Å². The molecule has 290 valence electrons. The lowest BCUT2D eigenvalue weighted by Gasteiger charge is -2.26. The zero-order chi connectivity index (χ0) is 40.2. The van der Waals surface area contributed by atoms with E-state index in [2.05, 4.69) is 26.6 Å². The number of nitrogens with one attached hydrogen (secondary N) is 5. The number of hydrogen-bond donors (Lipinski definition) is 8. The summed E-state index contributed by atoms with van der Waals surface area (Å²) < 4.78 is 45.1. The van der Waals surface area contributed by atoms with Crippen molar-refractivity contribution in [3.63, 3.8) is 0 Å². The van der Waals surface area contributed by atoms with Crippen molar-refractivity contribution in [2.24, 2.45) is 5.92 Å². The predicted molar refractivity (Wildman–Crippen MR) is 175 cm³/mol. The summed E-state index contributed by atoms with van der Waals surface area (Å²) in [5.74, 6) is -9.66. The van der Waals surface area contributed by atoms with Crippen molar-refractivity contribution in [3.8, 4) is 0 Å². The van der Waals surface area contributed by atoms with Gasteiger partial charge in [-0.15, -0.1) is 0 Å². The fourth-order valence-corrected chi connectivity index (χ4v) is 4.93. The van der Waals surface area contributed by atoms with Gasteiger partial charge in [0.2, 0.25) is 29.5 Å². The number of hydrogen-bond acceptors (Lipinski definition) is 10. The second-order valence-electron chi connectivity index (χ2n) is 12.2. The molecular formula is C32H38F3N5O13. The van der Waals surface area contributed by atoms with E-state index in [1.165, 1.54) is 0 Å². The molecule has 8 N–H and O–H groups in total. The second kappa shape index (κ2) is 19.0. The number of carboxylic acids is 3. The van der Waals surface area contributed by atoms with Gasteiger partial charge in [0.1, 0.15) is 29.8 Å². The number of alkyl halides is 3. The molecule has 0 saturated carbocycles. The summed E-state index contributed by atoms with van der Waals surface area (Å²) in [7, 11) is 0. The van der Waals surface area contributed by atoms with Crippen LogP contribution in [0.3, 0.4) is 0 Å². The van der Waals surface area contributed by atoms with Crippen LogP contribution in [-0.4, -0.2) is 86.9 Å². The van der Waals surface area contributed by atoms with Gasteiger partial charge < -0.3 is 46.3 Å². The van der Waals surface area contributed by atoms with Gasteiger partial charge in [-0.25, -0.2) is 4.79 Å². The smallest absolute Gasteiger partial charge is 0.417 e.